The molecule has 0 aliphatic rings. The fourth-order valence-corrected chi connectivity index (χ4v) is 1.15. The van der Waals surface area contributed by atoms with Crippen LogP contribution in [0.15, 0.2) is 30.3 Å². The van der Waals surface area contributed by atoms with E-state index in [4.69, 9.17) is 14.5 Å². The SMILES string of the molecule is CC(Oc1ccccc1)OP(O)O. The van der Waals surface area contributed by atoms with E-state index < -0.39 is 14.9 Å². The lowest BCUT2D eigenvalue weighted by atomic mass is 10.3. The van der Waals surface area contributed by atoms with Gasteiger partial charge in [-0.25, -0.2) is 0 Å². The van der Waals surface area contributed by atoms with E-state index in [1.807, 2.05) is 18.2 Å². The number of para-hydroxylation sites is 1. The number of rotatable bonds is 4. The molecule has 1 rings (SSSR count). The zero-order valence-corrected chi connectivity index (χ0v) is 8.02. The Morgan fingerprint density at radius 3 is 2.38 bits per heavy atom. The highest BCUT2D eigenvalue weighted by Gasteiger charge is 2.08. The summed E-state index contributed by atoms with van der Waals surface area (Å²) in [4.78, 5) is 17.0. The lowest BCUT2D eigenvalue weighted by Gasteiger charge is -2.14. The van der Waals surface area contributed by atoms with Crippen molar-refractivity contribution in [3.05, 3.63) is 30.3 Å². The van der Waals surface area contributed by atoms with E-state index in [1.165, 1.54) is 0 Å². The Morgan fingerprint density at radius 2 is 1.85 bits per heavy atom. The molecule has 13 heavy (non-hydrogen) atoms. The molecule has 0 fully saturated rings. The van der Waals surface area contributed by atoms with Crippen LogP contribution in [-0.2, 0) is 4.52 Å². The molecule has 1 atom stereocenters. The highest BCUT2D eigenvalue weighted by molar-refractivity contribution is 7.39. The summed E-state index contributed by atoms with van der Waals surface area (Å²) in [5.41, 5.74) is 0. The summed E-state index contributed by atoms with van der Waals surface area (Å²) < 4.78 is 9.81. The Bertz CT molecular complexity index is 239. The Kier molecular flexibility index (Phi) is 4.12. The maximum Gasteiger partial charge on any atom is 0.330 e. The zero-order valence-electron chi connectivity index (χ0n) is 7.12. The third-order valence-corrected chi connectivity index (χ3v) is 1.77. The standard InChI is InChI=1S/C8H11O4P/c1-7(12-13(9)10)11-8-5-3-2-4-6-8/h2-7,9-10H,1H3. The number of benzene rings is 1. The third-order valence-electron chi connectivity index (χ3n) is 1.29. The molecule has 1 aromatic rings. The molecule has 1 unspecified atom stereocenters. The zero-order chi connectivity index (χ0) is 9.68. The van der Waals surface area contributed by atoms with Crippen LogP contribution < -0.4 is 4.74 Å². The monoisotopic (exact) mass is 202 g/mol. The van der Waals surface area contributed by atoms with Crippen LogP contribution in [0.5, 0.6) is 5.75 Å². The van der Waals surface area contributed by atoms with Crippen molar-refractivity contribution in [1.29, 1.82) is 0 Å². The molecule has 0 spiro atoms. The normalized spacial score (nSPS) is 12.9. The van der Waals surface area contributed by atoms with Crippen LogP contribution >= 0.6 is 8.60 Å². The molecule has 0 bridgehead atoms. The Labute approximate surface area is 77.7 Å². The maximum atomic E-state index is 8.52. The van der Waals surface area contributed by atoms with Crippen LogP contribution in [-0.4, -0.2) is 16.1 Å². The van der Waals surface area contributed by atoms with E-state index in [-0.39, 0.29) is 0 Å². The van der Waals surface area contributed by atoms with Crippen molar-refractivity contribution < 1.29 is 19.0 Å². The molecule has 0 radical (unpaired) electrons. The molecule has 0 heterocycles. The Morgan fingerprint density at radius 1 is 1.23 bits per heavy atom. The smallest absolute Gasteiger partial charge is 0.330 e. The van der Waals surface area contributed by atoms with Crippen LogP contribution in [0, 0.1) is 0 Å². The first-order valence-electron chi connectivity index (χ1n) is 3.75. The average Bonchev–Trinajstić information content (AvgIpc) is 2.04. The van der Waals surface area contributed by atoms with Gasteiger partial charge in [0.05, 0.1) is 0 Å². The van der Waals surface area contributed by atoms with Gasteiger partial charge in [0.1, 0.15) is 5.75 Å². The molecule has 0 amide bonds. The Balaban J connectivity index is 2.41. The molecular weight excluding hydrogens is 191 g/mol. The minimum atomic E-state index is -2.36. The summed E-state index contributed by atoms with van der Waals surface area (Å²) in [7, 11) is -2.36. The third kappa shape index (κ3) is 4.20. The summed E-state index contributed by atoms with van der Waals surface area (Å²) >= 11 is 0. The highest BCUT2D eigenvalue weighted by Crippen LogP contribution is 2.27. The van der Waals surface area contributed by atoms with Gasteiger partial charge in [0.2, 0.25) is 6.29 Å². The van der Waals surface area contributed by atoms with Crippen molar-refractivity contribution in [2.45, 2.75) is 13.2 Å². The maximum absolute atomic E-state index is 8.52. The largest absolute Gasteiger partial charge is 0.465 e. The number of hydrogen-bond acceptors (Lipinski definition) is 4. The summed E-state index contributed by atoms with van der Waals surface area (Å²) in [6.07, 6.45) is -0.663. The van der Waals surface area contributed by atoms with E-state index in [0.29, 0.717) is 5.75 Å². The second-order valence-corrected chi connectivity index (χ2v) is 3.07. The molecule has 0 aromatic heterocycles. The molecule has 72 valence electrons. The van der Waals surface area contributed by atoms with Gasteiger partial charge in [0.25, 0.3) is 0 Å². The summed E-state index contributed by atoms with van der Waals surface area (Å²) in [6, 6.07) is 9.03. The van der Waals surface area contributed by atoms with E-state index in [2.05, 4.69) is 4.52 Å². The number of ether oxygens (including phenoxy) is 1. The van der Waals surface area contributed by atoms with Crippen molar-refractivity contribution >= 4 is 8.60 Å². The van der Waals surface area contributed by atoms with Gasteiger partial charge in [-0.15, -0.1) is 0 Å². The van der Waals surface area contributed by atoms with Crippen molar-refractivity contribution in [1.82, 2.24) is 0 Å². The molecule has 5 heteroatoms. The molecule has 2 N–H and O–H groups in total. The Hall–Kier alpha value is -0.670. The van der Waals surface area contributed by atoms with Crippen LogP contribution in [0.25, 0.3) is 0 Å². The van der Waals surface area contributed by atoms with Gasteiger partial charge in [-0.3, -0.25) is 4.52 Å². The molecule has 0 saturated heterocycles. The van der Waals surface area contributed by atoms with Crippen LogP contribution in [0.1, 0.15) is 6.92 Å². The van der Waals surface area contributed by atoms with E-state index >= 15 is 0 Å². The average molecular weight is 202 g/mol. The van der Waals surface area contributed by atoms with Gasteiger partial charge >= 0.3 is 8.60 Å². The summed E-state index contributed by atoms with van der Waals surface area (Å²) in [5.74, 6) is 0.631. The molecule has 1 aromatic carbocycles. The quantitative estimate of drug-likeness (QED) is 0.575. The number of hydrogen-bond donors (Lipinski definition) is 2. The first-order valence-corrected chi connectivity index (χ1v) is 4.91. The highest BCUT2D eigenvalue weighted by atomic mass is 31.2. The minimum Gasteiger partial charge on any atom is -0.465 e. The lowest BCUT2D eigenvalue weighted by Crippen LogP contribution is -2.13. The first-order chi connectivity index (χ1) is 6.18. The van der Waals surface area contributed by atoms with Gasteiger partial charge in [-0.05, 0) is 19.1 Å². The fraction of sp³-hybridized carbons (Fsp3) is 0.250. The predicted octanol–water partition coefficient (Wildman–Crippen LogP) is 1.64. The van der Waals surface area contributed by atoms with Crippen LogP contribution in [0.2, 0.25) is 0 Å². The second-order valence-electron chi connectivity index (χ2n) is 2.36. The molecule has 0 aliphatic carbocycles. The second kappa shape index (κ2) is 5.14. The summed E-state index contributed by atoms with van der Waals surface area (Å²) in [6.45, 7) is 1.59. The van der Waals surface area contributed by atoms with Gasteiger partial charge in [0.15, 0.2) is 0 Å². The summed E-state index contributed by atoms with van der Waals surface area (Å²) in [5, 5.41) is 0. The van der Waals surface area contributed by atoms with Gasteiger partial charge in [-0.1, -0.05) is 18.2 Å². The molecule has 4 nitrogen and oxygen atoms in total. The lowest BCUT2D eigenvalue weighted by molar-refractivity contribution is 0.0131. The van der Waals surface area contributed by atoms with E-state index in [1.54, 1.807) is 19.1 Å². The predicted molar refractivity (Wildman–Crippen MR) is 49.0 cm³/mol. The first kappa shape index (κ1) is 10.4. The van der Waals surface area contributed by atoms with Crippen molar-refractivity contribution in [2.75, 3.05) is 0 Å². The van der Waals surface area contributed by atoms with Gasteiger partial charge in [0, 0.05) is 0 Å². The molecular formula is C8H11O4P. The van der Waals surface area contributed by atoms with Crippen LogP contribution in [0.3, 0.4) is 0 Å². The minimum absolute atomic E-state index is 0.631. The van der Waals surface area contributed by atoms with Gasteiger partial charge < -0.3 is 14.5 Å². The van der Waals surface area contributed by atoms with Crippen LogP contribution in [0.4, 0.5) is 0 Å². The van der Waals surface area contributed by atoms with E-state index in [9.17, 15) is 0 Å². The van der Waals surface area contributed by atoms with E-state index in [0.717, 1.165) is 0 Å². The van der Waals surface area contributed by atoms with Crippen molar-refractivity contribution in [2.24, 2.45) is 0 Å². The fourth-order valence-electron chi connectivity index (χ4n) is 0.845. The van der Waals surface area contributed by atoms with Gasteiger partial charge in [-0.2, -0.15) is 0 Å². The molecule has 0 saturated carbocycles. The van der Waals surface area contributed by atoms with Crippen molar-refractivity contribution in [3.63, 3.8) is 0 Å². The van der Waals surface area contributed by atoms with Crippen molar-refractivity contribution in [3.8, 4) is 5.75 Å². The topological polar surface area (TPSA) is 58.9 Å². The molecule has 0 aliphatic heterocycles.